The molecule has 1 aliphatic carbocycles. The Hall–Kier alpha value is -2.96. The number of pyridine rings is 1. The third-order valence-corrected chi connectivity index (χ3v) is 3.90. The molecule has 118 valence electrons. The molecular formula is C16H13FN2O4. The second kappa shape index (κ2) is 5.35. The van der Waals surface area contributed by atoms with E-state index in [0.717, 1.165) is 6.07 Å². The minimum Gasteiger partial charge on any atom is -0.480 e. The number of rotatable bonds is 4. The van der Waals surface area contributed by atoms with Crippen LogP contribution in [0.5, 0.6) is 0 Å². The zero-order valence-electron chi connectivity index (χ0n) is 12.0. The molecule has 7 heteroatoms. The minimum absolute atomic E-state index is 0.116. The summed E-state index contributed by atoms with van der Waals surface area (Å²) < 4.78 is 15.4. The molecule has 0 radical (unpaired) electrons. The maximum Gasteiger partial charge on any atom is 0.319 e. The first-order valence-electron chi connectivity index (χ1n) is 6.96. The van der Waals surface area contributed by atoms with Gasteiger partial charge >= 0.3 is 5.97 Å². The lowest BCUT2D eigenvalue weighted by atomic mass is 10.1. The van der Waals surface area contributed by atoms with Crippen LogP contribution >= 0.6 is 0 Å². The van der Waals surface area contributed by atoms with Crippen LogP contribution in [-0.4, -0.2) is 21.6 Å². The van der Waals surface area contributed by atoms with Crippen LogP contribution in [0.2, 0.25) is 0 Å². The molecule has 1 heterocycles. The molecule has 1 fully saturated rings. The SMILES string of the molecule is O=C(O)C1(C(=O)Nc2ccc(-n3ccccc3=O)cc2F)CC1. The largest absolute Gasteiger partial charge is 0.480 e. The summed E-state index contributed by atoms with van der Waals surface area (Å²) in [5.41, 5.74) is -1.56. The minimum atomic E-state index is -1.44. The van der Waals surface area contributed by atoms with Gasteiger partial charge in [0.15, 0.2) is 0 Å². The van der Waals surface area contributed by atoms with E-state index in [4.69, 9.17) is 5.11 Å². The van der Waals surface area contributed by atoms with Crippen molar-refractivity contribution in [3.05, 3.63) is 58.8 Å². The lowest BCUT2D eigenvalue weighted by molar-refractivity contribution is -0.147. The number of anilines is 1. The van der Waals surface area contributed by atoms with Crippen LogP contribution in [-0.2, 0) is 9.59 Å². The summed E-state index contributed by atoms with van der Waals surface area (Å²) in [6.07, 6.45) is 1.99. The number of carboxylic acid groups (broad SMARTS) is 1. The van der Waals surface area contributed by atoms with E-state index in [-0.39, 0.29) is 24.1 Å². The number of aliphatic carboxylic acids is 1. The van der Waals surface area contributed by atoms with Crippen molar-refractivity contribution in [3.8, 4) is 5.69 Å². The topological polar surface area (TPSA) is 88.4 Å². The Morgan fingerprint density at radius 2 is 1.96 bits per heavy atom. The first kappa shape index (κ1) is 15.0. The fourth-order valence-electron chi connectivity index (χ4n) is 2.30. The van der Waals surface area contributed by atoms with Crippen molar-refractivity contribution in [3.63, 3.8) is 0 Å². The average molecular weight is 316 g/mol. The van der Waals surface area contributed by atoms with Gasteiger partial charge in [-0.05, 0) is 31.0 Å². The van der Waals surface area contributed by atoms with Crippen molar-refractivity contribution in [2.45, 2.75) is 12.8 Å². The normalized spacial score (nSPS) is 15.0. The summed E-state index contributed by atoms with van der Waals surface area (Å²) in [5.74, 6) is -2.68. The summed E-state index contributed by atoms with van der Waals surface area (Å²) in [6, 6.07) is 8.44. The highest BCUT2D eigenvalue weighted by Crippen LogP contribution is 2.46. The summed E-state index contributed by atoms with van der Waals surface area (Å²) in [6.45, 7) is 0. The number of carboxylic acids is 1. The van der Waals surface area contributed by atoms with Gasteiger partial charge in [0.25, 0.3) is 5.56 Å². The third-order valence-electron chi connectivity index (χ3n) is 3.90. The standard InChI is InChI=1S/C16H13FN2O4/c17-11-9-10(19-8-2-1-3-13(19)20)4-5-12(11)18-14(21)16(6-7-16)15(22)23/h1-5,8-9H,6-7H2,(H,18,21)(H,22,23). The quantitative estimate of drug-likeness (QED) is 0.842. The molecule has 0 bridgehead atoms. The lowest BCUT2D eigenvalue weighted by Crippen LogP contribution is -2.31. The number of amides is 1. The van der Waals surface area contributed by atoms with Crippen LogP contribution in [0.25, 0.3) is 5.69 Å². The van der Waals surface area contributed by atoms with Gasteiger partial charge in [0.2, 0.25) is 5.91 Å². The summed E-state index contributed by atoms with van der Waals surface area (Å²) in [5, 5.41) is 11.4. The Morgan fingerprint density at radius 1 is 1.22 bits per heavy atom. The van der Waals surface area contributed by atoms with Crippen LogP contribution in [0.15, 0.2) is 47.4 Å². The van der Waals surface area contributed by atoms with Gasteiger partial charge in [-0.15, -0.1) is 0 Å². The summed E-state index contributed by atoms with van der Waals surface area (Å²) in [7, 11) is 0. The molecule has 0 spiro atoms. The number of hydrogen-bond acceptors (Lipinski definition) is 3. The molecule has 2 N–H and O–H groups in total. The predicted molar refractivity (Wildman–Crippen MR) is 79.9 cm³/mol. The molecular weight excluding hydrogens is 303 g/mol. The molecule has 0 aliphatic heterocycles. The van der Waals surface area contributed by atoms with Crippen molar-refractivity contribution < 1.29 is 19.1 Å². The molecule has 1 aromatic carbocycles. The average Bonchev–Trinajstić information content (AvgIpc) is 3.31. The number of nitrogens with one attached hydrogen (secondary N) is 1. The predicted octanol–water partition coefficient (Wildman–Crippen LogP) is 1.78. The van der Waals surface area contributed by atoms with Gasteiger partial charge in [0, 0.05) is 18.3 Å². The van der Waals surface area contributed by atoms with Crippen molar-refractivity contribution >= 4 is 17.6 Å². The third kappa shape index (κ3) is 2.61. The van der Waals surface area contributed by atoms with Gasteiger partial charge in [-0.3, -0.25) is 19.0 Å². The monoisotopic (exact) mass is 316 g/mol. The van der Waals surface area contributed by atoms with E-state index in [9.17, 15) is 18.8 Å². The maximum absolute atomic E-state index is 14.2. The number of halogens is 1. The van der Waals surface area contributed by atoms with Crippen molar-refractivity contribution in [1.82, 2.24) is 4.57 Å². The highest BCUT2D eigenvalue weighted by molar-refractivity contribution is 6.10. The van der Waals surface area contributed by atoms with E-state index in [0.29, 0.717) is 5.69 Å². The van der Waals surface area contributed by atoms with E-state index in [1.807, 2.05) is 0 Å². The summed E-state index contributed by atoms with van der Waals surface area (Å²) >= 11 is 0. The molecule has 2 aromatic rings. The Bertz CT molecular complexity index is 855. The molecule has 1 saturated carbocycles. The Morgan fingerprint density at radius 3 is 2.52 bits per heavy atom. The van der Waals surface area contributed by atoms with E-state index >= 15 is 0 Å². The summed E-state index contributed by atoms with van der Waals surface area (Å²) in [4.78, 5) is 34.8. The number of carbonyl (C=O) groups is 2. The highest BCUT2D eigenvalue weighted by Gasteiger charge is 2.57. The highest BCUT2D eigenvalue weighted by atomic mass is 19.1. The van der Waals surface area contributed by atoms with E-state index in [1.165, 1.54) is 29.0 Å². The van der Waals surface area contributed by atoms with E-state index in [1.54, 1.807) is 12.1 Å². The van der Waals surface area contributed by atoms with E-state index < -0.39 is 23.1 Å². The van der Waals surface area contributed by atoms with Crippen molar-refractivity contribution in [1.29, 1.82) is 0 Å². The van der Waals surface area contributed by atoms with Crippen LogP contribution in [0.1, 0.15) is 12.8 Å². The molecule has 1 amide bonds. The van der Waals surface area contributed by atoms with Crippen LogP contribution in [0, 0.1) is 11.2 Å². The molecule has 6 nitrogen and oxygen atoms in total. The number of carbonyl (C=O) groups excluding carboxylic acids is 1. The van der Waals surface area contributed by atoms with Gasteiger partial charge < -0.3 is 10.4 Å². The van der Waals surface area contributed by atoms with Crippen LogP contribution in [0.3, 0.4) is 0 Å². The van der Waals surface area contributed by atoms with Gasteiger partial charge in [-0.2, -0.15) is 0 Å². The fourth-order valence-corrected chi connectivity index (χ4v) is 2.30. The van der Waals surface area contributed by atoms with Crippen LogP contribution in [0.4, 0.5) is 10.1 Å². The molecule has 3 rings (SSSR count). The van der Waals surface area contributed by atoms with Crippen molar-refractivity contribution in [2.24, 2.45) is 5.41 Å². The molecule has 0 atom stereocenters. The Labute approximate surface area is 130 Å². The molecule has 1 aliphatic rings. The number of hydrogen-bond donors (Lipinski definition) is 2. The van der Waals surface area contributed by atoms with Gasteiger partial charge in [0.1, 0.15) is 11.2 Å². The van der Waals surface area contributed by atoms with Gasteiger partial charge in [-0.1, -0.05) is 6.07 Å². The lowest BCUT2D eigenvalue weighted by Gasteiger charge is -2.12. The Balaban J connectivity index is 1.86. The first-order valence-corrected chi connectivity index (χ1v) is 6.96. The molecule has 0 saturated heterocycles. The Kier molecular flexibility index (Phi) is 3.48. The first-order chi connectivity index (χ1) is 10.9. The smallest absolute Gasteiger partial charge is 0.319 e. The molecule has 1 aromatic heterocycles. The zero-order chi connectivity index (χ0) is 16.6. The number of aromatic nitrogens is 1. The molecule has 23 heavy (non-hydrogen) atoms. The fraction of sp³-hybridized carbons (Fsp3) is 0.188. The molecule has 0 unspecified atom stereocenters. The van der Waals surface area contributed by atoms with Crippen LogP contribution < -0.4 is 10.9 Å². The zero-order valence-corrected chi connectivity index (χ0v) is 12.0. The second-order valence-corrected chi connectivity index (χ2v) is 5.41. The maximum atomic E-state index is 14.2. The van der Waals surface area contributed by atoms with Gasteiger partial charge in [-0.25, -0.2) is 4.39 Å². The van der Waals surface area contributed by atoms with E-state index in [2.05, 4.69) is 5.32 Å². The second-order valence-electron chi connectivity index (χ2n) is 5.41. The van der Waals surface area contributed by atoms with Crippen molar-refractivity contribution in [2.75, 3.05) is 5.32 Å². The van der Waals surface area contributed by atoms with Gasteiger partial charge in [0.05, 0.1) is 11.4 Å². The number of benzene rings is 1. The number of nitrogens with zero attached hydrogens (tertiary/aromatic N) is 1.